The lowest BCUT2D eigenvalue weighted by molar-refractivity contribution is -0.118. The topological polar surface area (TPSA) is 184 Å². The van der Waals surface area contributed by atoms with Gasteiger partial charge in [-0.2, -0.15) is 10.2 Å². The van der Waals surface area contributed by atoms with E-state index in [1.54, 1.807) is 32.6 Å². The Morgan fingerprint density at radius 1 is 0.953 bits per heavy atom. The van der Waals surface area contributed by atoms with Gasteiger partial charge in [-0.15, -0.1) is 6.42 Å². The second kappa shape index (κ2) is 21.8. The van der Waals surface area contributed by atoms with Crippen LogP contribution in [0, 0.1) is 29.6 Å². The number of rotatable bonds is 21. The Morgan fingerprint density at radius 3 is 2.11 bits per heavy atom. The lowest BCUT2D eigenvalue weighted by atomic mass is 9.80. The Morgan fingerprint density at radius 2 is 1.56 bits per heavy atom. The molecule has 2 aromatic heterocycles. The molecule has 1 fully saturated rings. The number of nitrogens with one attached hydrogen (secondary N) is 2. The summed E-state index contributed by atoms with van der Waals surface area (Å²) in [5.74, 6) is 3.13. The van der Waals surface area contributed by atoms with Crippen LogP contribution in [0.15, 0.2) is 90.0 Å². The molecular weight excluding hydrogens is 838 g/mol. The van der Waals surface area contributed by atoms with Gasteiger partial charge in [0.2, 0.25) is 11.9 Å². The van der Waals surface area contributed by atoms with Crippen molar-refractivity contribution in [2.75, 3.05) is 39.4 Å². The fraction of sp³-hybridized carbons (Fsp3) is 0.426. The van der Waals surface area contributed by atoms with Gasteiger partial charge in [0.15, 0.2) is 17.4 Å². The number of aromatic amines is 1. The van der Waals surface area contributed by atoms with Crippen LogP contribution in [0.5, 0.6) is 11.5 Å². The SMILES string of the molecule is C#CCO[C@@H]1[C@H](OP(OCCC#N)N(C(C)C)C(C)C)[C@@H](COC(c2ccccc2)(c2ccc(OC)cc2)c2ccc(OC)cc2)O[C@H]1n1cnc2c(=O)[nH]c(NC(=O)C(C)C)nc21. The molecular formula is C47H56N7O9P. The smallest absolute Gasteiger partial charge is 0.280 e. The van der Waals surface area contributed by atoms with Gasteiger partial charge in [0.1, 0.15) is 42.0 Å². The van der Waals surface area contributed by atoms with E-state index < -0.39 is 44.2 Å². The number of anilines is 1. The number of terminal acetylenes is 1. The lowest BCUT2D eigenvalue weighted by Gasteiger charge is -2.39. The van der Waals surface area contributed by atoms with Crippen LogP contribution in [-0.4, -0.2) is 94.5 Å². The second-order valence-electron chi connectivity index (χ2n) is 15.9. The van der Waals surface area contributed by atoms with Gasteiger partial charge >= 0.3 is 0 Å². The van der Waals surface area contributed by atoms with Crippen molar-refractivity contribution >= 4 is 31.5 Å². The molecule has 1 aliphatic rings. The maximum absolute atomic E-state index is 13.4. The maximum atomic E-state index is 13.4. The van der Waals surface area contributed by atoms with Gasteiger partial charge in [-0.25, -0.2) is 9.65 Å². The summed E-state index contributed by atoms with van der Waals surface area (Å²) in [5, 5.41) is 12.2. The molecule has 6 rings (SSSR count). The van der Waals surface area contributed by atoms with Gasteiger partial charge in [-0.3, -0.25) is 24.5 Å². The van der Waals surface area contributed by atoms with Gasteiger partial charge in [0, 0.05) is 18.0 Å². The molecule has 0 saturated carbocycles. The number of benzene rings is 3. The molecule has 5 aromatic rings. The van der Waals surface area contributed by atoms with E-state index in [9.17, 15) is 14.9 Å². The summed E-state index contributed by atoms with van der Waals surface area (Å²) in [5.41, 5.74) is 0.738. The summed E-state index contributed by atoms with van der Waals surface area (Å²) in [7, 11) is 1.36. The average Bonchev–Trinajstić information content (AvgIpc) is 3.87. The zero-order valence-electron chi connectivity index (χ0n) is 37.4. The van der Waals surface area contributed by atoms with Crippen LogP contribution in [0.4, 0.5) is 5.95 Å². The quantitative estimate of drug-likeness (QED) is 0.0324. The molecule has 1 saturated heterocycles. The van der Waals surface area contributed by atoms with Crippen molar-refractivity contribution in [1.82, 2.24) is 24.2 Å². The molecule has 1 unspecified atom stereocenters. The van der Waals surface area contributed by atoms with Crippen molar-refractivity contribution in [3.63, 3.8) is 0 Å². The van der Waals surface area contributed by atoms with Crippen LogP contribution in [0.2, 0.25) is 0 Å². The third-order valence-electron chi connectivity index (χ3n) is 10.6. The van der Waals surface area contributed by atoms with Crippen molar-refractivity contribution in [3.05, 3.63) is 112 Å². The summed E-state index contributed by atoms with van der Waals surface area (Å²) < 4.78 is 49.2. The first-order valence-corrected chi connectivity index (χ1v) is 22.2. The van der Waals surface area contributed by atoms with E-state index in [-0.39, 0.29) is 67.3 Å². The standard InChI is InChI=1S/C47H56N7O9P/c1-10-26-59-41-40(63-64(61-27-14-25-48)54(31(4)5)32(6)7)38(62-45(41)53-29-49-39-42(53)50-46(52-44(39)56)51-43(55)30(2)3)28-60-47(33-15-12-11-13-16-33,34-17-21-36(57-8)22-18-34)35-19-23-37(58-9)24-20-35/h1,11-13,15-24,29-32,38,40-41,45H,14,26-28H2,2-9H3,(H2,50,51,52,55,56)/t38-,40-,41-,45-,64?/m1/s1. The average molecular weight is 894 g/mol. The van der Waals surface area contributed by atoms with E-state index in [2.05, 4.69) is 36.9 Å². The number of amides is 1. The molecule has 2 N–H and O–H groups in total. The highest BCUT2D eigenvalue weighted by Gasteiger charge is 2.52. The predicted octanol–water partition coefficient (Wildman–Crippen LogP) is 7.32. The number of carbonyl (C=O) groups excluding carboxylic acids is 1. The van der Waals surface area contributed by atoms with E-state index in [0.29, 0.717) is 11.5 Å². The molecule has 17 heteroatoms. The Balaban J connectivity index is 1.53. The largest absolute Gasteiger partial charge is 0.497 e. The van der Waals surface area contributed by atoms with Gasteiger partial charge in [0.05, 0.1) is 46.3 Å². The number of aromatic nitrogens is 4. The normalized spacial score (nSPS) is 18.1. The molecule has 0 aliphatic carbocycles. The van der Waals surface area contributed by atoms with Gasteiger partial charge in [-0.05, 0) is 68.7 Å². The predicted molar refractivity (Wildman–Crippen MR) is 242 cm³/mol. The highest BCUT2D eigenvalue weighted by atomic mass is 31.2. The number of nitriles is 1. The van der Waals surface area contributed by atoms with Gasteiger partial charge in [-0.1, -0.05) is 74.4 Å². The van der Waals surface area contributed by atoms with Crippen LogP contribution in [-0.2, 0) is 33.7 Å². The number of hydrogen-bond acceptors (Lipinski definition) is 13. The van der Waals surface area contributed by atoms with Crippen LogP contribution in [0.1, 0.15) is 70.9 Å². The van der Waals surface area contributed by atoms with Gasteiger partial charge in [0.25, 0.3) is 14.1 Å². The Kier molecular flexibility index (Phi) is 16.3. The molecule has 0 spiro atoms. The number of imidazole rings is 1. The minimum Gasteiger partial charge on any atom is -0.497 e. The molecule has 16 nitrogen and oxygen atoms in total. The highest BCUT2D eigenvalue weighted by Crippen LogP contribution is 2.51. The first-order valence-electron chi connectivity index (χ1n) is 21.1. The molecule has 5 atom stereocenters. The molecule has 64 heavy (non-hydrogen) atoms. The Labute approximate surface area is 375 Å². The van der Waals surface area contributed by atoms with Crippen LogP contribution in [0.3, 0.4) is 0 Å². The third-order valence-corrected chi connectivity index (χ3v) is 12.8. The number of H-pyrrole nitrogens is 1. The van der Waals surface area contributed by atoms with Crippen molar-refractivity contribution in [2.45, 2.75) is 90.2 Å². The lowest BCUT2D eigenvalue weighted by Crippen LogP contribution is -2.43. The number of hydrogen-bond donors (Lipinski definition) is 2. The van der Waals surface area contributed by atoms with E-state index in [0.717, 1.165) is 16.7 Å². The van der Waals surface area contributed by atoms with Crippen LogP contribution < -0.4 is 20.3 Å². The third kappa shape index (κ3) is 10.5. The molecule has 1 aliphatic heterocycles. The van der Waals surface area contributed by atoms with E-state index in [1.165, 1.54) is 6.33 Å². The highest BCUT2D eigenvalue weighted by molar-refractivity contribution is 7.44. The Bertz CT molecular complexity index is 2390. The molecule has 338 valence electrons. The minimum atomic E-state index is -1.87. The van der Waals surface area contributed by atoms with Crippen molar-refractivity contribution in [3.8, 4) is 29.9 Å². The Hall–Kier alpha value is -5.68. The van der Waals surface area contributed by atoms with Crippen LogP contribution >= 0.6 is 8.53 Å². The van der Waals surface area contributed by atoms with E-state index in [4.69, 9.17) is 39.2 Å². The molecule has 0 bridgehead atoms. The van der Waals surface area contributed by atoms with E-state index in [1.807, 2.05) is 107 Å². The van der Waals surface area contributed by atoms with Crippen LogP contribution in [0.25, 0.3) is 11.2 Å². The summed E-state index contributed by atoms with van der Waals surface area (Å²) in [4.78, 5) is 37.8. The molecule has 3 aromatic carbocycles. The maximum Gasteiger partial charge on any atom is 0.280 e. The van der Waals surface area contributed by atoms with E-state index >= 15 is 0 Å². The van der Waals surface area contributed by atoms with Gasteiger partial charge < -0.3 is 32.7 Å². The summed E-state index contributed by atoms with van der Waals surface area (Å²) in [6.45, 7) is 11.5. The fourth-order valence-electron chi connectivity index (χ4n) is 7.63. The van der Waals surface area contributed by atoms with Crippen molar-refractivity contribution < 1.29 is 37.5 Å². The van der Waals surface area contributed by atoms with Crippen molar-refractivity contribution in [2.24, 2.45) is 5.92 Å². The first-order chi connectivity index (χ1) is 30.9. The van der Waals surface area contributed by atoms with Crippen molar-refractivity contribution in [1.29, 1.82) is 5.26 Å². The zero-order valence-corrected chi connectivity index (χ0v) is 38.3. The summed E-state index contributed by atoms with van der Waals surface area (Å²) in [6, 6.07) is 27.3. The first kappa shape index (κ1) is 47.8. The zero-order chi connectivity index (χ0) is 46.0. The number of methoxy groups -OCH3 is 2. The number of nitrogens with zero attached hydrogens (tertiary/aromatic N) is 5. The molecule has 3 heterocycles. The molecule has 1 amide bonds. The monoisotopic (exact) mass is 893 g/mol. The summed E-state index contributed by atoms with van der Waals surface area (Å²) in [6.07, 6.45) is 3.56. The summed E-state index contributed by atoms with van der Waals surface area (Å²) >= 11 is 0. The second-order valence-corrected chi connectivity index (χ2v) is 17.3. The number of carbonyl (C=O) groups is 1. The number of fused-ring (bicyclic) bond motifs is 1. The fourth-order valence-corrected chi connectivity index (χ4v) is 9.40. The number of ether oxygens (including phenoxy) is 5. The molecule has 0 radical (unpaired) electrons. The minimum absolute atomic E-state index is 0.00833.